The highest BCUT2D eigenvalue weighted by Gasteiger charge is 2.42. The Morgan fingerprint density at radius 2 is 1.08 bits per heavy atom. The second-order valence-corrected chi connectivity index (χ2v) is 24.3. The van der Waals surface area contributed by atoms with Crippen molar-refractivity contribution in [1.29, 1.82) is 0 Å². The summed E-state index contributed by atoms with van der Waals surface area (Å²) < 4.78 is 73.1. The maximum Gasteiger partial charge on any atom is 0.276 e. The van der Waals surface area contributed by atoms with Crippen molar-refractivity contribution in [2.45, 2.75) is 65.8 Å². The molecule has 105 heavy (non-hydrogen) atoms. The predicted octanol–water partition coefficient (Wildman–Crippen LogP) is 0.381. The molecule has 0 saturated carbocycles. The lowest BCUT2D eigenvalue weighted by molar-refractivity contribution is -0.141. The Kier molecular flexibility index (Phi) is 34.4. The number of carbonyl (C=O) groups is 7. The van der Waals surface area contributed by atoms with Gasteiger partial charge in [0.1, 0.15) is 47.0 Å². The molecule has 576 valence electrons. The van der Waals surface area contributed by atoms with E-state index < -0.39 is 53.4 Å². The number of hydrogen-bond acceptors (Lipinski definition) is 26. The van der Waals surface area contributed by atoms with E-state index in [0.29, 0.717) is 197 Å². The lowest BCUT2D eigenvalue weighted by atomic mass is 9.96. The fraction of sp³-hybridized carbons (Fsp3) is 0.586. The van der Waals surface area contributed by atoms with Crippen LogP contribution >= 0.6 is 0 Å². The topological polar surface area (TPSA) is 397 Å². The third-order valence-electron chi connectivity index (χ3n) is 16.8. The number of rotatable bonds is 52. The summed E-state index contributed by atoms with van der Waals surface area (Å²) in [5, 5.41) is 17.5. The van der Waals surface area contributed by atoms with Crippen LogP contribution in [0.5, 0.6) is 5.75 Å². The number of nitrogens with two attached hydrogens (primary N) is 2. The molecule has 0 bridgehead atoms. The summed E-state index contributed by atoms with van der Waals surface area (Å²) in [4.78, 5) is 105. The van der Waals surface area contributed by atoms with E-state index in [2.05, 4.69) is 35.9 Å². The monoisotopic (exact) mass is 1470 g/mol. The molecular formula is C70H102N16O19. The van der Waals surface area contributed by atoms with Gasteiger partial charge in [-0.15, -0.1) is 0 Å². The van der Waals surface area contributed by atoms with Crippen LogP contribution in [0.15, 0.2) is 77.0 Å². The zero-order chi connectivity index (χ0) is 74.7. The number of primary amides is 2. The highest BCUT2D eigenvalue weighted by molar-refractivity contribution is 6.14. The molecule has 4 aliphatic rings. The minimum atomic E-state index is -0.676. The van der Waals surface area contributed by atoms with Crippen molar-refractivity contribution < 1.29 is 90.4 Å². The van der Waals surface area contributed by atoms with Gasteiger partial charge in [-0.25, -0.2) is 9.98 Å². The molecule has 3 aromatic heterocycles. The molecule has 35 heteroatoms. The molecule has 8 rings (SSSR count). The lowest BCUT2D eigenvalue weighted by Gasteiger charge is -2.35. The van der Waals surface area contributed by atoms with Crippen molar-refractivity contribution in [3.63, 3.8) is 0 Å². The van der Waals surface area contributed by atoms with Crippen LogP contribution in [-0.4, -0.2) is 313 Å². The molecular weight excluding hydrogens is 1370 g/mol. The number of amides is 7. The van der Waals surface area contributed by atoms with Gasteiger partial charge >= 0.3 is 0 Å². The first kappa shape index (κ1) is 81.8. The van der Waals surface area contributed by atoms with Crippen LogP contribution in [0.1, 0.15) is 63.0 Å². The highest BCUT2D eigenvalue weighted by Crippen LogP contribution is 2.33. The first-order chi connectivity index (χ1) is 51.0. The Labute approximate surface area is 610 Å². The number of piperazine rings is 1. The number of fused-ring (bicyclic) bond motifs is 2. The molecule has 2 unspecified atom stereocenters. The summed E-state index contributed by atoms with van der Waals surface area (Å²) in [7, 11) is 1.47. The number of imidazole rings is 1. The van der Waals surface area contributed by atoms with Crippen molar-refractivity contribution in [3.05, 3.63) is 100 Å². The lowest BCUT2D eigenvalue weighted by Crippen LogP contribution is -2.49. The number of ether oxygens (including phenoxy) is 12. The van der Waals surface area contributed by atoms with Gasteiger partial charge in [-0.2, -0.15) is 10.2 Å². The zero-order valence-corrected chi connectivity index (χ0v) is 60.8. The van der Waals surface area contributed by atoms with Crippen LogP contribution in [0.3, 0.4) is 0 Å². The number of aliphatic imine (C=N–C) groups is 1. The average molecular weight is 1470 g/mol. The van der Waals surface area contributed by atoms with E-state index in [-0.39, 0.29) is 55.8 Å². The number of allylic oxidation sites excluding steroid dienone is 1. The van der Waals surface area contributed by atoms with Crippen LogP contribution in [0.2, 0.25) is 0 Å². The number of carbonyl (C=O) groups excluding carboxylic acids is 7. The van der Waals surface area contributed by atoms with Crippen molar-refractivity contribution in [3.8, 4) is 5.75 Å². The van der Waals surface area contributed by atoms with Gasteiger partial charge in [0, 0.05) is 95.3 Å². The van der Waals surface area contributed by atoms with Gasteiger partial charge in [-0.05, 0) is 70.5 Å². The quantitative estimate of drug-likeness (QED) is 0.0227. The largest absolute Gasteiger partial charge is 0.496 e. The van der Waals surface area contributed by atoms with Crippen LogP contribution in [-0.2, 0) is 90.9 Å². The maximum atomic E-state index is 14.1. The molecule has 6 heterocycles. The third-order valence-corrected chi connectivity index (χ3v) is 16.8. The number of imide groups is 1. The van der Waals surface area contributed by atoms with E-state index in [1.807, 2.05) is 37.8 Å². The van der Waals surface area contributed by atoms with Crippen LogP contribution in [0.4, 0.5) is 5.95 Å². The fourth-order valence-corrected chi connectivity index (χ4v) is 11.6. The molecule has 7 N–H and O–H groups in total. The molecule has 3 aliphatic heterocycles. The number of nitrogens with zero attached hydrogens (tertiary/aromatic N) is 11. The number of anilines is 1. The summed E-state index contributed by atoms with van der Waals surface area (Å²) in [6, 6.07) is 5.24. The van der Waals surface area contributed by atoms with Crippen molar-refractivity contribution in [1.82, 2.24) is 59.3 Å². The second-order valence-electron chi connectivity index (χ2n) is 24.3. The SMILES string of the molecule is CCn1nc(C)cc1C(=O)NC1=NC2C=C(C(N)=O)C=C(OCCCN3CCN(CCOCCOCCOCCOCCOCCOCCOCCOCCOCCOCCNC(=O)CN4C(=O)C=CC4=O)CC3)C2N1C/C=C/Cn1c(NC(=O)c2cc(C)nn2CC)nc2cc(C(N)=O)cc(OC)c21. The van der Waals surface area contributed by atoms with E-state index in [1.165, 1.54) is 13.2 Å². The molecule has 2 atom stereocenters. The van der Waals surface area contributed by atoms with Crippen molar-refractivity contribution in [2.75, 3.05) is 210 Å². The van der Waals surface area contributed by atoms with Gasteiger partial charge < -0.3 is 88.0 Å². The fourth-order valence-electron chi connectivity index (χ4n) is 11.6. The van der Waals surface area contributed by atoms with Crippen LogP contribution in [0, 0.1) is 13.8 Å². The molecule has 1 aromatic carbocycles. The molecule has 0 spiro atoms. The van der Waals surface area contributed by atoms with E-state index in [0.717, 1.165) is 56.3 Å². The number of aryl methyl sites for hydroxylation is 4. The smallest absolute Gasteiger partial charge is 0.276 e. The van der Waals surface area contributed by atoms with Crippen molar-refractivity contribution in [2.24, 2.45) is 16.5 Å². The summed E-state index contributed by atoms with van der Waals surface area (Å²) in [5.41, 5.74) is 14.9. The minimum absolute atomic E-state index is 0.161. The Morgan fingerprint density at radius 3 is 1.57 bits per heavy atom. The Bertz CT molecular complexity index is 3630. The van der Waals surface area contributed by atoms with E-state index >= 15 is 0 Å². The molecule has 35 nitrogen and oxygen atoms in total. The Hall–Kier alpha value is -8.85. The van der Waals surface area contributed by atoms with E-state index in [4.69, 9.17) is 78.3 Å². The number of methoxy groups -OCH3 is 1. The normalized spacial score (nSPS) is 16.2. The van der Waals surface area contributed by atoms with Gasteiger partial charge in [0.15, 0.2) is 0 Å². The molecule has 1 fully saturated rings. The number of benzene rings is 1. The summed E-state index contributed by atoms with van der Waals surface area (Å²) >= 11 is 0. The van der Waals surface area contributed by atoms with Crippen LogP contribution < -0.4 is 32.2 Å². The van der Waals surface area contributed by atoms with Gasteiger partial charge in [-0.3, -0.25) is 63.4 Å². The number of nitrogens with one attached hydrogen (secondary N) is 3. The second kappa shape index (κ2) is 44.2. The molecule has 1 saturated heterocycles. The number of aromatic nitrogens is 6. The Morgan fingerprint density at radius 1 is 0.590 bits per heavy atom. The molecule has 0 radical (unpaired) electrons. The van der Waals surface area contributed by atoms with Gasteiger partial charge in [0.05, 0.1) is 163 Å². The zero-order valence-electron chi connectivity index (χ0n) is 60.8. The summed E-state index contributed by atoms with van der Waals surface area (Å²) in [6.07, 6.45) is 10.1. The summed E-state index contributed by atoms with van der Waals surface area (Å²) in [5.74, 6) is -2.42. The summed E-state index contributed by atoms with van der Waals surface area (Å²) in [6.45, 7) is 22.7. The van der Waals surface area contributed by atoms with Gasteiger partial charge in [0.2, 0.25) is 29.6 Å². The highest BCUT2D eigenvalue weighted by atomic mass is 16.6. The third kappa shape index (κ3) is 26.0. The van der Waals surface area contributed by atoms with Crippen molar-refractivity contribution >= 4 is 64.3 Å². The number of guanidine groups is 1. The minimum Gasteiger partial charge on any atom is -0.496 e. The standard InChI is InChI=1S/C70H102N16O19/c1-6-85-56(43-50(3)78-85)67(92)76-69-74-54-45-52(65(71)90)47-58(94-5)63(54)82(69)15-8-9-16-83-64-55(75-70(83)77-68(93)57-44-51(4)79-86(57)7-2)46-53(66(72)91)48-59(64)105-22-10-14-80-17-19-81(20-18-80)21-24-96-26-28-98-30-32-100-34-36-102-38-40-104-42-41-103-39-37-101-35-33-99-31-29-97-27-25-95-23-13-73-60(87)49-84-61(88)11-12-62(84)89/h8-9,11-12,43-48,55,64H,6-7,10,13-42,49H2,1-5H3,(H2,71,90)(H2,72,91)(H,73,87)(H,74,76,92)(H,75,77,93)/b9-8+. The molecule has 1 aliphatic carbocycles. The first-order valence-electron chi connectivity index (χ1n) is 35.5. The predicted molar refractivity (Wildman–Crippen MR) is 382 cm³/mol. The Balaban J connectivity index is 0.650. The molecule has 7 amide bonds. The van der Waals surface area contributed by atoms with Crippen LogP contribution in [0.25, 0.3) is 11.0 Å². The molecule has 4 aromatic rings. The van der Waals surface area contributed by atoms with Gasteiger partial charge in [-0.1, -0.05) is 12.2 Å². The number of hydrogen-bond donors (Lipinski definition) is 5. The van der Waals surface area contributed by atoms with Gasteiger partial charge in [0.25, 0.3) is 23.6 Å². The maximum absolute atomic E-state index is 14.1. The van der Waals surface area contributed by atoms with E-state index in [9.17, 15) is 33.6 Å². The van der Waals surface area contributed by atoms with E-state index in [1.54, 1.807) is 51.2 Å². The average Bonchev–Trinajstić information content (AvgIpc) is 1.63. The first-order valence-corrected chi connectivity index (χ1v) is 35.5.